The average molecular weight is 253 g/mol. The van der Waals surface area contributed by atoms with Crippen LogP contribution in [0, 0.1) is 11.3 Å². The Labute approximate surface area is 113 Å². The molecule has 0 aromatic carbocycles. The van der Waals surface area contributed by atoms with Crippen molar-refractivity contribution in [3.05, 3.63) is 0 Å². The van der Waals surface area contributed by atoms with Crippen molar-refractivity contribution in [2.24, 2.45) is 11.3 Å². The van der Waals surface area contributed by atoms with E-state index in [0.29, 0.717) is 5.41 Å². The van der Waals surface area contributed by atoms with Gasteiger partial charge in [0.25, 0.3) is 0 Å². The summed E-state index contributed by atoms with van der Waals surface area (Å²) in [7, 11) is 0. The van der Waals surface area contributed by atoms with Crippen LogP contribution in [0.25, 0.3) is 0 Å². The van der Waals surface area contributed by atoms with Crippen LogP contribution in [-0.4, -0.2) is 62.2 Å². The molecular weight excluding hydrogens is 222 g/mol. The molecule has 0 aromatic heterocycles. The van der Waals surface area contributed by atoms with Gasteiger partial charge in [0.2, 0.25) is 0 Å². The van der Waals surface area contributed by atoms with Gasteiger partial charge in [0.15, 0.2) is 0 Å². The van der Waals surface area contributed by atoms with Gasteiger partial charge in [-0.25, -0.2) is 0 Å². The van der Waals surface area contributed by atoms with Crippen molar-refractivity contribution in [1.29, 1.82) is 0 Å². The highest BCUT2D eigenvalue weighted by molar-refractivity contribution is 4.82. The van der Waals surface area contributed by atoms with Crippen molar-refractivity contribution in [2.45, 2.75) is 33.6 Å². The summed E-state index contributed by atoms with van der Waals surface area (Å²) in [6.07, 6.45) is 2.79. The number of nitrogens with one attached hydrogen (secondary N) is 1. The van der Waals surface area contributed by atoms with Gasteiger partial charge in [-0.2, -0.15) is 0 Å². The lowest BCUT2D eigenvalue weighted by Crippen LogP contribution is -2.50. The second kappa shape index (κ2) is 6.36. The summed E-state index contributed by atoms with van der Waals surface area (Å²) in [5.74, 6) is 0.942. The second-order valence-electron chi connectivity index (χ2n) is 7.15. The summed E-state index contributed by atoms with van der Waals surface area (Å²) in [4.78, 5) is 5.31. The van der Waals surface area contributed by atoms with Crippen LogP contribution < -0.4 is 5.32 Å². The van der Waals surface area contributed by atoms with Crippen LogP contribution in [0.15, 0.2) is 0 Å². The maximum absolute atomic E-state index is 3.43. The van der Waals surface area contributed by atoms with E-state index in [1.54, 1.807) is 0 Å². The molecule has 0 atom stereocenters. The van der Waals surface area contributed by atoms with Crippen LogP contribution in [0.3, 0.4) is 0 Å². The van der Waals surface area contributed by atoms with E-state index in [1.807, 2.05) is 0 Å². The fraction of sp³-hybridized carbons (Fsp3) is 1.00. The number of piperazine rings is 1. The molecule has 0 bridgehead atoms. The second-order valence-corrected chi connectivity index (χ2v) is 7.15. The monoisotopic (exact) mass is 253 g/mol. The van der Waals surface area contributed by atoms with Gasteiger partial charge < -0.3 is 15.1 Å². The zero-order chi connectivity index (χ0) is 13.0. The fourth-order valence-corrected chi connectivity index (χ4v) is 3.35. The average Bonchev–Trinajstić information content (AvgIpc) is 2.32. The van der Waals surface area contributed by atoms with Crippen LogP contribution >= 0.6 is 0 Å². The molecule has 0 aromatic rings. The molecule has 0 spiro atoms. The molecule has 3 nitrogen and oxygen atoms in total. The molecule has 3 heteroatoms. The summed E-state index contributed by atoms with van der Waals surface area (Å²) in [6.45, 7) is 17.2. The topological polar surface area (TPSA) is 18.5 Å². The maximum Gasteiger partial charge on any atom is 0.0108 e. The Morgan fingerprint density at radius 3 is 2.00 bits per heavy atom. The number of hydrogen-bond donors (Lipinski definition) is 1. The van der Waals surface area contributed by atoms with Crippen LogP contribution in [0.2, 0.25) is 0 Å². The van der Waals surface area contributed by atoms with Crippen molar-refractivity contribution < 1.29 is 0 Å². The summed E-state index contributed by atoms with van der Waals surface area (Å²) < 4.78 is 0. The van der Waals surface area contributed by atoms with E-state index < -0.39 is 0 Å². The van der Waals surface area contributed by atoms with E-state index in [2.05, 4.69) is 35.9 Å². The highest BCUT2D eigenvalue weighted by Gasteiger charge is 2.27. The predicted molar refractivity (Wildman–Crippen MR) is 77.9 cm³/mol. The van der Waals surface area contributed by atoms with Crippen molar-refractivity contribution in [1.82, 2.24) is 15.1 Å². The third kappa shape index (κ3) is 4.52. The number of hydrogen-bond acceptors (Lipinski definition) is 3. The summed E-state index contributed by atoms with van der Waals surface area (Å²) in [6, 6.07) is 0. The quantitative estimate of drug-likeness (QED) is 0.822. The first-order valence-corrected chi connectivity index (χ1v) is 7.71. The lowest BCUT2D eigenvalue weighted by atomic mass is 9.89. The molecule has 0 aliphatic carbocycles. The minimum Gasteiger partial charge on any atom is -0.314 e. The van der Waals surface area contributed by atoms with Crippen LogP contribution in [-0.2, 0) is 0 Å². The Bertz CT molecular complexity index is 238. The Morgan fingerprint density at radius 1 is 0.944 bits per heavy atom. The van der Waals surface area contributed by atoms with Crippen molar-refractivity contribution in [3.63, 3.8) is 0 Å². The normalized spacial score (nSPS) is 25.5. The standard InChI is InChI=1S/C15H31N3/c1-14-4-8-17(9-5-14)12-15(2,3)13-18-10-6-16-7-11-18/h14,16H,4-13H2,1-3H3. The molecule has 2 aliphatic heterocycles. The van der Waals surface area contributed by atoms with Crippen LogP contribution in [0.5, 0.6) is 0 Å². The number of rotatable bonds is 4. The van der Waals surface area contributed by atoms with Gasteiger partial charge in [-0.15, -0.1) is 0 Å². The third-order valence-electron chi connectivity index (χ3n) is 4.39. The number of likely N-dealkylation sites (tertiary alicyclic amines) is 1. The molecule has 0 unspecified atom stereocenters. The lowest BCUT2D eigenvalue weighted by Gasteiger charge is -2.40. The third-order valence-corrected chi connectivity index (χ3v) is 4.39. The molecule has 2 heterocycles. The SMILES string of the molecule is CC1CCN(CC(C)(C)CN2CCNCC2)CC1. The first-order chi connectivity index (χ1) is 8.55. The molecule has 0 saturated carbocycles. The van der Waals surface area contributed by atoms with E-state index >= 15 is 0 Å². The van der Waals surface area contributed by atoms with Gasteiger partial charge in [-0.05, 0) is 37.3 Å². The van der Waals surface area contributed by atoms with Crippen LogP contribution in [0.1, 0.15) is 33.6 Å². The van der Waals surface area contributed by atoms with Gasteiger partial charge in [0.05, 0.1) is 0 Å². The Kier molecular flexibility index (Phi) is 5.05. The minimum atomic E-state index is 0.428. The van der Waals surface area contributed by atoms with E-state index in [1.165, 1.54) is 52.1 Å². The highest BCUT2D eigenvalue weighted by atomic mass is 15.2. The summed E-state index contributed by atoms with van der Waals surface area (Å²) in [5.41, 5.74) is 0.428. The molecule has 2 saturated heterocycles. The van der Waals surface area contributed by atoms with Gasteiger partial charge >= 0.3 is 0 Å². The van der Waals surface area contributed by atoms with Gasteiger partial charge in [-0.3, -0.25) is 0 Å². The smallest absolute Gasteiger partial charge is 0.0108 e. The Balaban J connectivity index is 1.75. The predicted octanol–water partition coefficient (Wildman–Crippen LogP) is 1.65. The minimum absolute atomic E-state index is 0.428. The first-order valence-electron chi connectivity index (χ1n) is 7.71. The molecule has 2 aliphatic rings. The van der Waals surface area contributed by atoms with Gasteiger partial charge in [0.1, 0.15) is 0 Å². The largest absolute Gasteiger partial charge is 0.314 e. The molecular formula is C15H31N3. The van der Waals surface area contributed by atoms with Gasteiger partial charge in [-0.1, -0.05) is 20.8 Å². The highest BCUT2D eigenvalue weighted by Crippen LogP contribution is 2.23. The molecule has 106 valence electrons. The van der Waals surface area contributed by atoms with E-state index in [-0.39, 0.29) is 0 Å². The van der Waals surface area contributed by atoms with E-state index in [0.717, 1.165) is 19.0 Å². The molecule has 2 fully saturated rings. The summed E-state index contributed by atoms with van der Waals surface area (Å²) >= 11 is 0. The first kappa shape index (κ1) is 14.3. The zero-order valence-corrected chi connectivity index (χ0v) is 12.5. The maximum atomic E-state index is 3.43. The van der Waals surface area contributed by atoms with Crippen molar-refractivity contribution in [3.8, 4) is 0 Å². The fourth-order valence-electron chi connectivity index (χ4n) is 3.35. The zero-order valence-electron chi connectivity index (χ0n) is 12.5. The van der Waals surface area contributed by atoms with Crippen LogP contribution in [0.4, 0.5) is 0 Å². The summed E-state index contributed by atoms with van der Waals surface area (Å²) in [5, 5.41) is 3.43. The Hall–Kier alpha value is -0.120. The molecule has 1 N–H and O–H groups in total. The van der Waals surface area contributed by atoms with E-state index in [9.17, 15) is 0 Å². The number of nitrogens with zero attached hydrogens (tertiary/aromatic N) is 2. The van der Waals surface area contributed by atoms with Crippen molar-refractivity contribution >= 4 is 0 Å². The molecule has 2 rings (SSSR count). The molecule has 0 amide bonds. The van der Waals surface area contributed by atoms with Gasteiger partial charge in [0, 0.05) is 39.3 Å². The van der Waals surface area contributed by atoms with E-state index in [4.69, 9.17) is 0 Å². The molecule has 0 radical (unpaired) electrons. The van der Waals surface area contributed by atoms with Crippen molar-refractivity contribution in [2.75, 3.05) is 52.4 Å². The number of piperidine rings is 1. The lowest BCUT2D eigenvalue weighted by molar-refractivity contribution is 0.0921. The Morgan fingerprint density at radius 2 is 1.44 bits per heavy atom. The molecule has 18 heavy (non-hydrogen) atoms.